The topological polar surface area (TPSA) is 54.7 Å². The van der Waals surface area contributed by atoms with E-state index in [1.807, 2.05) is 6.20 Å². The molecule has 3 heteroatoms. The van der Waals surface area contributed by atoms with Crippen molar-refractivity contribution in [3.8, 4) is 0 Å². The molecule has 0 amide bonds. The fraction of sp³-hybridized carbons (Fsp3) is 0.133. The van der Waals surface area contributed by atoms with Crippen molar-refractivity contribution in [2.24, 2.45) is 5.73 Å². The highest BCUT2D eigenvalue weighted by atomic mass is 14.9. The number of hydrogen-bond acceptors (Lipinski definition) is 2. The van der Waals surface area contributed by atoms with Crippen LogP contribution in [0.4, 0.5) is 0 Å². The number of nitrogens with zero attached hydrogens (tertiary/aromatic N) is 1. The molecule has 1 atom stereocenters. The zero-order chi connectivity index (χ0) is 12.4. The SMILES string of the molecule is NCC(c1ccc2ccccc2c1)c1ncc[nH]1. The molecule has 2 aromatic carbocycles. The van der Waals surface area contributed by atoms with Gasteiger partial charge in [-0.05, 0) is 16.3 Å². The average Bonchev–Trinajstić information content (AvgIpc) is 2.93. The van der Waals surface area contributed by atoms with Crippen molar-refractivity contribution in [3.63, 3.8) is 0 Å². The van der Waals surface area contributed by atoms with E-state index in [4.69, 9.17) is 5.73 Å². The van der Waals surface area contributed by atoms with Crippen molar-refractivity contribution in [1.29, 1.82) is 0 Å². The number of hydrogen-bond donors (Lipinski definition) is 2. The first kappa shape index (κ1) is 11.0. The summed E-state index contributed by atoms with van der Waals surface area (Å²) in [6.45, 7) is 0.547. The van der Waals surface area contributed by atoms with E-state index in [2.05, 4.69) is 52.4 Å². The number of fused-ring (bicyclic) bond motifs is 1. The molecule has 0 spiro atoms. The van der Waals surface area contributed by atoms with E-state index >= 15 is 0 Å². The maximum Gasteiger partial charge on any atom is 0.114 e. The highest BCUT2D eigenvalue weighted by Crippen LogP contribution is 2.24. The van der Waals surface area contributed by atoms with Crippen LogP contribution in [0, 0.1) is 0 Å². The summed E-state index contributed by atoms with van der Waals surface area (Å²) in [5.41, 5.74) is 7.08. The molecule has 3 rings (SSSR count). The van der Waals surface area contributed by atoms with Gasteiger partial charge in [0.2, 0.25) is 0 Å². The largest absolute Gasteiger partial charge is 0.348 e. The van der Waals surface area contributed by atoms with Gasteiger partial charge in [0.05, 0.1) is 5.92 Å². The van der Waals surface area contributed by atoms with Crippen molar-refractivity contribution in [2.75, 3.05) is 6.54 Å². The molecule has 0 bridgehead atoms. The minimum absolute atomic E-state index is 0.129. The Labute approximate surface area is 106 Å². The monoisotopic (exact) mass is 237 g/mol. The molecule has 1 unspecified atom stereocenters. The number of rotatable bonds is 3. The number of H-pyrrole nitrogens is 1. The molecular weight excluding hydrogens is 222 g/mol. The fourth-order valence-electron chi connectivity index (χ4n) is 2.30. The third-order valence-electron chi connectivity index (χ3n) is 3.26. The summed E-state index contributed by atoms with van der Waals surface area (Å²) in [5, 5.41) is 2.48. The van der Waals surface area contributed by atoms with E-state index in [1.165, 1.54) is 16.3 Å². The van der Waals surface area contributed by atoms with Crippen LogP contribution in [0.1, 0.15) is 17.3 Å². The molecule has 0 aliphatic carbocycles. The quantitative estimate of drug-likeness (QED) is 0.735. The molecule has 18 heavy (non-hydrogen) atoms. The third-order valence-corrected chi connectivity index (χ3v) is 3.26. The fourth-order valence-corrected chi connectivity index (χ4v) is 2.30. The van der Waals surface area contributed by atoms with Gasteiger partial charge in [0, 0.05) is 18.9 Å². The minimum atomic E-state index is 0.129. The summed E-state index contributed by atoms with van der Waals surface area (Å²) in [4.78, 5) is 7.45. The molecule has 0 aliphatic heterocycles. The van der Waals surface area contributed by atoms with E-state index in [9.17, 15) is 0 Å². The highest BCUT2D eigenvalue weighted by Gasteiger charge is 2.14. The standard InChI is InChI=1S/C15H15N3/c16-10-14(15-17-7-8-18-15)13-6-5-11-3-1-2-4-12(11)9-13/h1-9,14H,10,16H2,(H,17,18). The van der Waals surface area contributed by atoms with Crippen LogP contribution in [-0.4, -0.2) is 16.5 Å². The Morgan fingerprint density at radius 1 is 1.11 bits per heavy atom. The van der Waals surface area contributed by atoms with Crippen molar-refractivity contribution in [2.45, 2.75) is 5.92 Å². The minimum Gasteiger partial charge on any atom is -0.348 e. The Morgan fingerprint density at radius 3 is 2.67 bits per heavy atom. The molecule has 0 saturated carbocycles. The van der Waals surface area contributed by atoms with E-state index in [-0.39, 0.29) is 5.92 Å². The lowest BCUT2D eigenvalue weighted by Crippen LogP contribution is -2.15. The Hall–Kier alpha value is -2.13. The van der Waals surface area contributed by atoms with Gasteiger partial charge in [-0.3, -0.25) is 0 Å². The first-order valence-electron chi connectivity index (χ1n) is 6.06. The van der Waals surface area contributed by atoms with Crippen LogP contribution < -0.4 is 5.73 Å². The van der Waals surface area contributed by atoms with E-state index in [1.54, 1.807) is 6.20 Å². The number of nitrogens with two attached hydrogens (primary N) is 1. The zero-order valence-electron chi connectivity index (χ0n) is 10.0. The molecular formula is C15H15N3. The van der Waals surface area contributed by atoms with E-state index in [0.717, 1.165) is 5.82 Å². The zero-order valence-corrected chi connectivity index (χ0v) is 10.0. The van der Waals surface area contributed by atoms with Crippen molar-refractivity contribution in [3.05, 3.63) is 66.2 Å². The first-order valence-corrected chi connectivity index (χ1v) is 6.06. The Kier molecular flexibility index (Phi) is 2.82. The van der Waals surface area contributed by atoms with Gasteiger partial charge >= 0.3 is 0 Å². The van der Waals surface area contributed by atoms with Crippen LogP contribution >= 0.6 is 0 Å². The maximum atomic E-state index is 5.88. The summed E-state index contributed by atoms with van der Waals surface area (Å²) in [6, 6.07) is 14.8. The van der Waals surface area contributed by atoms with Crippen LogP contribution in [0.2, 0.25) is 0 Å². The molecule has 1 aromatic heterocycles. The summed E-state index contributed by atoms with van der Waals surface area (Å²) >= 11 is 0. The summed E-state index contributed by atoms with van der Waals surface area (Å²) in [7, 11) is 0. The highest BCUT2D eigenvalue weighted by molar-refractivity contribution is 5.83. The lowest BCUT2D eigenvalue weighted by Gasteiger charge is -2.13. The van der Waals surface area contributed by atoms with Gasteiger partial charge in [-0.15, -0.1) is 0 Å². The van der Waals surface area contributed by atoms with Crippen LogP contribution in [0.15, 0.2) is 54.9 Å². The van der Waals surface area contributed by atoms with Gasteiger partial charge in [0.1, 0.15) is 5.82 Å². The van der Waals surface area contributed by atoms with Crippen LogP contribution in [0.5, 0.6) is 0 Å². The summed E-state index contributed by atoms with van der Waals surface area (Å²) < 4.78 is 0. The first-order chi connectivity index (χ1) is 8.88. The molecule has 3 aromatic rings. The molecule has 0 saturated heterocycles. The molecule has 3 N–H and O–H groups in total. The molecule has 0 radical (unpaired) electrons. The van der Waals surface area contributed by atoms with Crippen molar-refractivity contribution in [1.82, 2.24) is 9.97 Å². The predicted molar refractivity (Wildman–Crippen MR) is 73.4 cm³/mol. The smallest absolute Gasteiger partial charge is 0.114 e. The Bertz CT molecular complexity index is 644. The van der Waals surface area contributed by atoms with Gasteiger partial charge in [0.25, 0.3) is 0 Å². The van der Waals surface area contributed by atoms with Crippen molar-refractivity contribution < 1.29 is 0 Å². The maximum absolute atomic E-state index is 5.88. The van der Waals surface area contributed by atoms with Gasteiger partial charge < -0.3 is 10.7 Å². The van der Waals surface area contributed by atoms with Gasteiger partial charge in [-0.2, -0.15) is 0 Å². The van der Waals surface area contributed by atoms with Gasteiger partial charge in [-0.25, -0.2) is 4.98 Å². The second-order valence-electron chi connectivity index (χ2n) is 4.37. The summed E-state index contributed by atoms with van der Waals surface area (Å²) in [6.07, 6.45) is 3.60. The lowest BCUT2D eigenvalue weighted by molar-refractivity contribution is 0.766. The number of aromatic nitrogens is 2. The van der Waals surface area contributed by atoms with Crippen LogP contribution in [0.25, 0.3) is 10.8 Å². The lowest BCUT2D eigenvalue weighted by atomic mass is 9.96. The molecule has 0 fully saturated rings. The van der Waals surface area contributed by atoms with Crippen LogP contribution in [0.3, 0.4) is 0 Å². The second-order valence-corrected chi connectivity index (χ2v) is 4.37. The normalized spacial score (nSPS) is 12.7. The predicted octanol–water partition coefficient (Wildman–Crippen LogP) is 2.65. The number of aromatic amines is 1. The number of imidazole rings is 1. The van der Waals surface area contributed by atoms with E-state index < -0.39 is 0 Å². The van der Waals surface area contributed by atoms with Gasteiger partial charge in [0.15, 0.2) is 0 Å². The number of nitrogens with one attached hydrogen (secondary N) is 1. The second kappa shape index (κ2) is 4.63. The van der Waals surface area contributed by atoms with Crippen molar-refractivity contribution >= 4 is 10.8 Å². The Balaban J connectivity index is 2.07. The molecule has 0 aliphatic rings. The Morgan fingerprint density at radius 2 is 1.94 bits per heavy atom. The molecule has 90 valence electrons. The molecule has 3 nitrogen and oxygen atoms in total. The average molecular weight is 237 g/mol. The van der Waals surface area contributed by atoms with Gasteiger partial charge in [-0.1, -0.05) is 42.5 Å². The van der Waals surface area contributed by atoms with Crippen LogP contribution in [-0.2, 0) is 0 Å². The molecule has 1 heterocycles. The van der Waals surface area contributed by atoms with E-state index in [0.29, 0.717) is 6.54 Å². The number of benzene rings is 2. The summed E-state index contributed by atoms with van der Waals surface area (Å²) in [5.74, 6) is 1.05. The third kappa shape index (κ3) is 1.89.